The Bertz CT molecular complexity index is 1260. The highest BCUT2D eigenvalue weighted by Crippen LogP contribution is 2.31. The molecule has 1 saturated heterocycles. The monoisotopic (exact) mass is 522 g/mol. The normalized spacial score (nSPS) is 15.9. The van der Waals surface area contributed by atoms with Crippen molar-refractivity contribution in [3.63, 3.8) is 0 Å². The number of halogens is 3. The number of alkyl halides is 3. The minimum atomic E-state index is -4.45. The van der Waals surface area contributed by atoms with E-state index in [4.69, 9.17) is 9.47 Å². The van der Waals surface area contributed by atoms with Crippen molar-refractivity contribution in [3.05, 3.63) is 47.8 Å². The molecule has 3 aromatic rings. The summed E-state index contributed by atoms with van der Waals surface area (Å²) >= 11 is 1.26. The standard InChI is InChI=1S/C24H25F3N4O4S/c1-15-19(28-10-9-21(15)35-14-24(25,26)27)13-36-22-29-18-7-3-4-8-20(18)31(22)23(33)30-11-5-6-17(30)12-34-16(2)32/h3-4,7-10,17H,5-6,11-14H2,1-2H3/t17-/m0/s1. The van der Waals surface area contributed by atoms with Gasteiger partial charge in [0.2, 0.25) is 0 Å². The number of likely N-dealkylation sites (tertiary alicyclic amines) is 1. The predicted octanol–water partition coefficient (Wildman–Crippen LogP) is 4.97. The van der Waals surface area contributed by atoms with Crippen LogP contribution in [0.1, 0.15) is 31.0 Å². The molecule has 0 bridgehead atoms. The maximum Gasteiger partial charge on any atom is 0.422 e. The average Bonchev–Trinajstić information content (AvgIpc) is 3.44. The number of amides is 1. The van der Waals surface area contributed by atoms with Crippen LogP contribution in [-0.4, -0.2) is 63.4 Å². The second-order valence-electron chi connectivity index (χ2n) is 8.37. The molecule has 1 atom stereocenters. The molecule has 8 nitrogen and oxygen atoms in total. The lowest BCUT2D eigenvalue weighted by molar-refractivity contribution is -0.153. The summed E-state index contributed by atoms with van der Waals surface area (Å²) in [4.78, 5) is 35.6. The van der Waals surface area contributed by atoms with E-state index in [0.29, 0.717) is 34.0 Å². The van der Waals surface area contributed by atoms with Crippen molar-refractivity contribution in [2.45, 2.75) is 49.8 Å². The van der Waals surface area contributed by atoms with E-state index in [1.165, 1.54) is 35.5 Å². The Morgan fingerprint density at radius 2 is 2.00 bits per heavy atom. The van der Waals surface area contributed by atoms with Crippen LogP contribution >= 0.6 is 11.8 Å². The van der Waals surface area contributed by atoms with Gasteiger partial charge in [0.1, 0.15) is 12.4 Å². The highest BCUT2D eigenvalue weighted by Gasteiger charge is 2.33. The molecule has 1 fully saturated rings. The maximum atomic E-state index is 13.7. The van der Waals surface area contributed by atoms with Gasteiger partial charge in [0, 0.05) is 31.0 Å². The van der Waals surface area contributed by atoms with Gasteiger partial charge >= 0.3 is 18.2 Å². The van der Waals surface area contributed by atoms with Crippen molar-refractivity contribution in [2.75, 3.05) is 19.8 Å². The number of ether oxygens (including phenoxy) is 2. The van der Waals surface area contributed by atoms with Gasteiger partial charge in [0.05, 0.1) is 22.8 Å². The second-order valence-corrected chi connectivity index (χ2v) is 9.31. The Hall–Kier alpha value is -3.28. The maximum absolute atomic E-state index is 13.7. The van der Waals surface area contributed by atoms with Crippen LogP contribution in [-0.2, 0) is 15.3 Å². The molecule has 0 N–H and O–H groups in total. The van der Waals surface area contributed by atoms with Crippen LogP contribution in [0.5, 0.6) is 5.75 Å². The van der Waals surface area contributed by atoms with Crippen LogP contribution in [0.25, 0.3) is 11.0 Å². The smallest absolute Gasteiger partial charge is 0.422 e. The summed E-state index contributed by atoms with van der Waals surface area (Å²) in [6.07, 6.45) is -1.53. The number of imidazole rings is 1. The zero-order valence-electron chi connectivity index (χ0n) is 19.7. The van der Waals surface area contributed by atoms with Gasteiger partial charge in [-0.25, -0.2) is 14.3 Å². The number of nitrogens with zero attached hydrogens (tertiary/aromatic N) is 4. The lowest BCUT2D eigenvalue weighted by Gasteiger charge is -2.25. The van der Waals surface area contributed by atoms with E-state index in [1.807, 2.05) is 12.1 Å². The number of benzene rings is 1. The molecule has 36 heavy (non-hydrogen) atoms. The zero-order valence-corrected chi connectivity index (χ0v) is 20.6. The van der Waals surface area contributed by atoms with Gasteiger partial charge in [-0.1, -0.05) is 23.9 Å². The molecule has 0 spiro atoms. The van der Waals surface area contributed by atoms with Crippen LogP contribution in [0.15, 0.2) is 41.7 Å². The number of rotatable bonds is 7. The minimum Gasteiger partial charge on any atom is -0.484 e. The van der Waals surface area contributed by atoms with E-state index in [2.05, 4.69) is 9.97 Å². The average molecular weight is 523 g/mol. The summed E-state index contributed by atoms with van der Waals surface area (Å²) < 4.78 is 49.4. The van der Waals surface area contributed by atoms with Crippen molar-refractivity contribution >= 4 is 34.8 Å². The zero-order chi connectivity index (χ0) is 25.9. The predicted molar refractivity (Wildman–Crippen MR) is 127 cm³/mol. The number of hydrogen-bond acceptors (Lipinski definition) is 7. The second kappa shape index (κ2) is 10.8. The highest BCUT2D eigenvalue weighted by atomic mass is 32.2. The first kappa shape index (κ1) is 25.8. The van der Waals surface area contributed by atoms with E-state index in [9.17, 15) is 22.8 Å². The van der Waals surface area contributed by atoms with Crippen molar-refractivity contribution in [1.82, 2.24) is 19.4 Å². The lowest BCUT2D eigenvalue weighted by atomic mass is 10.2. The number of aromatic nitrogens is 3. The first-order valence-electron chi connectivity index (χ1n) is 11.3. The minimum absolute atomic E-state index is 0.105. The Morgan fingerprint density at radius 1 is 1.22 bits per heavy atom. The molecule has 1 aliphatic heterocycles. The molecule has 0 saturated carbocycles. The molecule has 0 unspecified atom stereocenters. The fourth-order valence-electron chi connectivity index (χ4n) is 4.04. The van der Waals surface area contributed by atoms with Crippen LogP contribution in [0.2, 0.25) is 0 Å². The third-order valence-corrected chi connectivity index (χ3v) is 6.76. The molecular formula is C24H25F3N4O4S. The van der Waals surface area contributed by atoms with Crippen molar-refractivity contribution in [1.29, 1.82) is 0 Å². The lowest BCUT2D eigenvalue weighted by Crippen LogP contribution is -2.41. The largest absolute Gasteiger partial charge is 0.484 e. The third kappa shape index (κ3) is 5.92. The molecule has 3 heterocycles. The number of carbonyl (C=O) groups excluding carboxylic acids is 2. The Morgan fingerprint density at radius 3 is 2.75 bits per heavy atom. The van der Waals surface area contributed by atoms with Crippen LogP contribution < -0.4 is 4.74 Å². The van der Waals surface area contributed by atoms with Crippen LogP contribution in [0.3, 0.4) is 0 Å². The highest BCUT2D eigenvalue weighted by molar-refractivity contribution is 7.98. The van der Waals surface area contributed by atoms with Crippen LogP contribution in [0.4, 0.5) is 18.0 Å². The number of carbonyl (C=O) groups is 2. The van der Waals surface area contributed by atoms with Gasteiger partial charge in [0.15, 0.2) is 11.8 Å². The number of para-hydroxylation sites is 2. The summed E-state index contributed by atoms with van der Waals surface area (Å²) in [5, 5.41) is 0.433. The molecule has 0 radical (unpaired) electrons. The first-order chi connectivity index (χ1) is 17.1. The van der Waals surface area contributed by atoms with Crippen molar-refractivity contribution < 1.29 is 32.2 Å². The molecule has 4 rings (SSSR count). The van der Waals surface area contributed by atoms with E-state index < -0.39 is 18.8 Å². The summed E-state index contributed by atoms with van der Waals surface area (Å²) in [6, 6.07) is 8.14. The van der Waals surface area contributed by atoms with Gasteiger partial charge < -0.3 is 14.4 Å². The molecule has 12 heteroatoms. The summed E-state index contributed by atoms with van der Waals surface area (Å²) in [5.41, 5.74) is 2.29. The van der Waals surface area contributed by atoms with Gasteiger partial charge in [-0.05, 0) is 38.0 Å². The Kier molecular flexibility index (Phi) is 7.72. The van der Waals surface area contributed by atoms with E-state index in [0.717, 1.165) is 12.8 Å². The Balaban J connectivity index is 1.58. The van der Waals surface area contributed by atoms with Gasteiger partial charge in [0.25, 0.3) is 0 Å². The number of fused-ring (bicyclic) bond motifs is 1. The van der Waals surface area contributed by atoms with E-state index in [1.54, 1.807) is 24.0 Å². The fourth-order valence-corrected chi connectivity index (χ4v) is 5.07. The number of thioether (sulfide) groups is 1. The number of esters is 1. The van der Waals surface area contributed by atoms with Crippen molar-refractivity contribution in [3.8, 4) is 5.75 Å². The van der Waals surface area contributed by atoms with Gasteiger partial charge in [-0.15, -0.1) is 0 Å². The topological polar surface area (TPSA) is 86.6 Å². The van der Waals surface area contributed by atoms with Gasteiger partial charge in [-0.3, -0.25) is 9.78 Å². The SMILES string of the molecule is CC(=O)OC[C@@H]1CCCN1C(=O)n1c(SCc2nccc(OCC(F)(F)F)c2C)nc2ccccc21. The number of pyridine rings is 1. The molecule has 2 aromatic heterocycles. The molecule has 1 aliphatic rings. The Labute approximate surface area is 209 Å². The number of hydrogen-bond donors (Lipinski definition) is 0. The molecule has 0 aliphatic carbocycles. The molecular weight excluding hydrogens is 497 g/mol. The fraction of sp³-hybridized carbons (Fsp3) is 0.417. The molecule has 192 valence electrons. The summed E-state index contributed by atoms with van der Waals surface area (Å²) in [7, 11) is 0. The molecule has 1 amide bonds. The van der Waals surface area contributed by atoms with E-state index >= 15 is 0 Å². The van der Waals surface area contributed by atoms with E-state index in [-0.39, 0.29) is 30.2 Å². The first-order valence-corrected chi connectivity index (χ1v) is 12.3. The van der Waals surface area contributed by atoms with Crippen molar-refractivity contribution in [2.24, 2.45) is 0 Å². The molecule has 1 aromatic carbocycles. The third-order valence-electron chi connectivity index (χ3n) is 5.81. The summed E-state index contributed by atoms with van der Waals surface area (Å²) in [6.45, 7) is 2.24. The summed E-state index contributed by atoms with van der Waals surface area (Å²) in [5.74, 6) is -0.0291. The van der Waals surface area contributed by atoms with Gasteiger partial charge in [-0.2, -0.15) is 13.2 Å². The van der Waals surface area contributed by atoms with Crippen LogP contribution in [0, 0.1) is 6.92 Å². The quantitative estimate of drug-likeness (QED) is 0.320.